The number of anilines is 1. The number of aromatic nitrogens is 2. The number of imidazole rings is 1. The first-order valence-corrected chi connectivity index (χ1v) is 12.1. The Morgan fingerprint density at radius 2 is 2.09 bits per heavy atom. The number of nitrogens with zero attached hydrogens (tertiary/aromatic N) is 2. The number of carbonyl (C=O) groups excluding carboxylic acids is 3. The molecule has 1 aromatic heterocycles. The Bertz CT molecular complexity index is 1040. The second-order valence-electron chi connectivity index (χ2n) is 9.32. The fourth-order valence-electron chi connectivity index (χ4n) is 4.92. The van der Waals surface area contributed by atoms with Gasteiger partial charge in [0.25, 0.3) is 0 Å². The van der Waals surface area contributed by atoms with Crippen molar-refractivity contribution in [2.45, 2.75) is 71.1 Å². The molecule has 0 saturated carbocycles. The van der Waals surface area contributed by atoms with E-state index in [9.17, 15) is 14.4 Å². The minimum Gasteiger partial charge on any atom is -0.352 e. The number of rotatable bonds is 9. The van der Waals surface area contributed by atoms with Crippen LogP contribution in [0.3, 0.4) is 0 Å². The van der Waals surface area contributed by atoms with E-state index in [-0.39, 0.29) is 29.7 Å². The molecular formula is C25H34N6O3. The molecule has 1 aromatic carbocycles. The van der Waals surface area contributed by atoms with Crippen molar-refractivity contribution in [1.29, 1.82) is 0 Å². The molecule has 0 fully saturated rings. The summed E-state index contributed by atoms with van der Waals surface area (Å²) in [5, 5.41) is 9.36. The fraction of sp³-hybridized carbons (Fsp3) is 0.520. The number of aromatic amines is 1. The molecular weight excluding hydrogens is 432 g/mol. The van der Waals surface area contributed by atoms with Gasteiger partial charge in [-0.3, -0.25) is 19.3 Å². The van der Waals surface area contributed by atoms with Crippen LogP contribution in [-0.2, 0) is 33.8 Å². The van der Waals surface area contributed by atoms with E-state index >= 15 is 0 Å². The molecule has 4 rings (SSSR count). The summed E-state index contributed by atoms with van der Waals surface area (Å²) in [6.45, 7) is 6.50. The number of benzene rings is 1. The van der Waals surface area contributed by atoms with Crippen molar-refractivity contribution in [2.24, 2.45) is 5.92 Å². The number of H-pyrrole nitrogens is 1. The summed E-state index contributed by atoms with van der Waals surface area (Å²) in [6, 6.07) is 4.97. The second kappa shape index (κ2) is 10.4. The molecule has 0 radical (unpaired) electrons. The van der Waals surface area contributed by atoms with Crippen LogP contribution in [0.1, 0.15) is 50.4 Å². The van der Waals surface area contributed by atoms with Crippen molar-refractivity contribution in [3.8, 4) is 0 Å². The van der Waals surface area contributed by atoms with Crippen LogP contribution in [0.15, 0.2) is 30.7 Å². The maximum Gasteiger partial charge on any atom is 0.244 e. The van der Waals surface area contributed by atoms with Gasteiger partial charge in [-0.2, -0.15) is 0 Å². The average Bonchev–Trinajstić information content (AvgIpc) is 3.45. The van der Waals surface area contributed by atoms with Crippen LogP contribution < -0.4 is 20.9 Å². The minimum atomic E-state index is -0.592. The van der Waals surface area contributed by atoms with Crippen molar-refractivity contribution >= 4 is 23.4 Å². The first kappa shape index (κ1) is 23.9. The van der Waals surface area contributed by atoms with Gasteiger partial charge in [0.05, 0.1) is 30.3 Å². The Kier molecular flexibility index (Phi) is 7.31. The Balaban J connectivity index is 1.52. The topological polar surface area (TPSA) is 119 Å². The molecule has 0 saturated heterocycles. The molecule has 9 nitrogen and oxygen atoms in total. The Hall–Kier alpha value is -3.20. The summed E-state index contributed by atoms with van der Waals surface area (Å²) in [4.78, 5) is 47.4. The van der Waals surface area contributed by atoms with Crippen molar-refractivity contribution in [3.05, 3.63) is 47.5 Å². The van der Waals surface area contributed by atoms with Crippen LogP contribution in [-0.4, -0.2) is 52.4 Å². The summed E-state index contributed by atoms with van der Waals surface area (Å²) in [5.41, 5.74) is 3.75. The van der Waals surface area contributed by atoms with Crippen molar-refractivity contribution in [2.75, 3.05) is 11.4 Å². The zero-order chi connectivity index (χ0) is 24.2. The van der Waals surface area contributed by atoms with E-state index < -0.39 is 12.1 Å². The highest BCUT2D eigenvalue weighted by molar-refractivity contribution is 6.06. The first-order chi connectivity index (χ1) is 16.4. The number of nitrogens with one attached hydrogen (secondary N) is 4. The summed E-state index contributed by atoms with van der Waals surface area (Å²) in [7, 11) is 0. The molecule has 2 aliphatic heterocycles. The van der Waals surface area contributed by atoms with E-state index in [1.54, 1.807) is 17.4 Å². The molecule has 0 bridgehead atoms. The average molecular weight is 467 g/mol. The molecule has 182 valence electrons. The van der Waals surface area contributed by atoms with Crippen LogP contribution in [0.4, 0.5) is 5.69 Å². The molecule has 4 atom stereocenters. The number of hydrogen-bond donors (Lipinski definition) is 4. The summed E-state index contributed by atoms with van der Waals surface area (Å²) >= 11 is 0. The number of hydrogen-bond acceptors (Lipinski definition) is 5. The normalized spacial score (nSPS) is 20.9. The predicted molar refractivity (Wildman–Crippen MR) is 129 cm³/mol. The SMILES string of the molecule is CC[C@H](C)[C@@H](CN[C@H]1CCc2cccc3c2N(C1=O)[C@H](C(=O)NCc1c[nH]cn1)C3)NC(C)=O. The molecule has 9 heteroatoms. The lowest BCUT2D eigenvalue weighted by Gasteiger charge is -2.30. The van der Waals surface area contributed by atoms with Crippen LogP contribution in [0.2, 0.25) is 0 Å². The third kappa shape index (κ3) is 4.99. The van der Waals surface area contributed by atoms with Gasteiger partial charge < -0.3 is 20.9 Å². The number of aryl methyl sites for hydroxylation is 1. The van der Waals surface area contributed by atoms with Crippen LogP contribution in [0.5, 0.6) is 0 Å². The lowest BCUT2D eigenvalue weighted by atomic mass is 9.98. The maximum absolute atomic E-state index is 13.8. The maximum atomic E-state index is 13.8. The fourth-order valence-corrected chi connectivity index (χ4v) is 4.92. The predicted octanol–water partition coefficient (Wildman–Crippen LogP) is 1.44. The van der Waals surface area contributed by atoms with E-state index in [2.05, 4.69) is 39.8 Å². The van der Waals surface area contributed by atoms with Crippen LogP contribution in [0.25, 0.3) is 0 Å². The van der Waals surface area contributed by atoms with Gasteiger partial charge in [0.15, 0.2) is 0 Å². The van der Waals surface area contributed by atoms with E-state index in [1.165, 1.54) is 6.92 Å². The highest BCUT2D eigenvalue weighted by Crippen LogP contribution is 2.39. The number of para-hydroxylation sites is 1. The van der Waals surface area contributed by atoms with Gasteiger partial charge in [0.2, 0.25) is 17.7 Å². The Morgan fingerprint density at radius 1 is 1.29 bits per heavy atom. The van der Waals surface area contributed by atoms with Gasteiger partial charge in [0.1, 0.15) is 6.04 Å². The van der Waals surface area contributed by atoms with Gasteiger partial charge in [0, 0.05) is 32.1 Å². The van der Waals surface area contributed by atoms with E-state index in [4.69, 9.17) is 0 Å². The standard InChI is InChI=1S/C25H34N6O3/c1-4-15(2)21(30-16(3)32)13-27-20-9-8-17-6-5-7-18-10-22(31(23(17)18)25(20)34)24(33)28-12-19-11-26-14-29-19/h5-7,11,14-15,20-22,27H,4,8-10,12-13H2,1-3H3,(H,26,29)(H,28,33)(H,30,32)/t15-,20-,21+,22-/m0/s1. The van der Waals surface area contributed by atoms with Gasteiger partial charge in [-0.05, 0) is 29.9 Å². The molecule has 0 spiro atoms. The molecule has 0 unspecified atom stereocenters. The molecule has 3 heterocycles. The third-order valence-electron chi connectivity index (χ3n) is 7.01. The van der Waals surface area contributed by atoms with Gasteiger partial charge >= 0.3 is 0 Å². The van der Waals surface area contributed by atoms with E-state index in [0.29, 0.717) is 25.9 Å². The van der Waals surface area contributed by atoms with Gasteiger partial charge in [-0.25, -0.2) is 4.98 Å². The van der Waals surface area contributed by atoms with Gasteiger partial charge in [-0.15, -0.1) is 0 Å². The smallest absolute Gasteiger partial charge is 0.244 e. The number of amides is 3. The zero-order valence-corrected chi connectivity index (χ0v) is 20.1. The third-order valence-corrected chi connectivity index (χ3v) is 7.01. The molecule has 3 amide bonds. The summed E-state index contributed by atoms with van der Waals surface area (Å²) < 4.78 is 0. The molecule has 2 aromatic rings. The van der Waals surface area contributed by atoms with Gasteiger partial charge in [-0.1, -0.05) is 38.5 Å². The molecule has 2 aliphatic rings. The van der Waals surface area contributed by atoms with Crippen LogP contribution >= 0.6 is 0 Å². The number of carbonyl (C=O) groups is 3. The van der Waals surface area contributed by atoms with Crippen molar-refractivity contribution < 1.29 is 14.4 Å². The molecule has 4 N–H and O–H groups in total. The summed E-state index contributed by atoms with van der Waals surface area (Å²) in [5.74, 6) is -0.0813. The molecule has 0 aliphatic carbocycles. The van der Waals surface area contributed by atoms with Crippen LogP contribution in [0, 0.1) is 5.92 Å². The second-order valence-corrected chi connectivity index (χ2v) is 9.32. The van der Waals surface area contributed by atoms with E-state index in [1.807, 2.05) is 18.2 Å². The zero-order valence-electron chi connectivity index (χ0n) is 20.1. The van der Waals surface area contributed by atoms with Crippen molar-refractivity contribution in [1.82, 2.24) is 25.9 Å². The lowest BCUT2D eigenvalue weighted by Crippen LogP contribution is -2.55. The largest absolute Gasteiger partial charge is 0.352 e. The monoisotopic (exact) mass is 466 g/mol. The first-order valence-electron chi connectivity index (χ1n) is 12.1. The quantitative estimate of drug-likeness (QED) is 0.446. The Morgan fingerprint density at radius 3 is 2.79 bits per heavy atom. The Labute approximate surface area is 200 Å². The highest BCUT2D eigenvalue weighted by atomic mass is 16.2. The lowest BCUT2D eigenvalue weighted by molar-refractivity contribution is -0.127. The minimum absolute atomic E-state index is 0.0667. The van der Waals surface area contributed by atoms with Crippen molar-refractivity contribution in [3.63, 3.8) is 0 Å². The van der Waals surface area contributed by atoms with E-state index in [0.717, 1.165) is 35.3 Å². The molecule has 34 heavy (non-hydrogen) atoms. The summed E-state index contributed by atoms with van der Waals surface area (Å²) in [6.07, 6.45) is 6.11. The highest BCUT2D eigenvalue weighted by Gasteiger charge is 2.43.